The minimum Gasteiger partial charge on any atom is -0.458 e. The first-order valence-corrected chi connectivity index (χ1v) is 6.86. The molecule has 1 fully saturated rings. The van der Waals surface area contributed by atoms with Crippen molar-refractivity contribution in [1.82, 2.24) is 10.0 Å². The van der Waals surface area contributed by atoms with Crippen LogP contribution in [0, 0.1) is 0 Å². The quantitative estimate of drug-likeness (QED) is 0.150. The van der Waals surface area contributed by atoms with Crippen molar-refractivity contribution in [1.29, 1.82) is 0 Å². The van der Waals surface area contributed by atoms with Crippen molar-refractivity contribution in [2.45, 2.75) is 18.5 Å². The van der Waals surface area contributed by atoms with Crippen molar-refractivity contribution in [2.75, 3.05) is 13.3 Å². The summed E-state index contributed by atoms with van der Waals surface area (Å²) in [5.41, 5.74) is 8.60. The highest BCUT2D eigenvalue weighted by molar-refractivity contribution is 5.94. The zero-order valence-corrected chi connectivity index (χ0v) is 12.3. The average Bonchev–Trinajstić information content (AvgIpc) is 2.96. The van der Waals surface area contributed by atoms with E-state index < -0.39 is 24.8 Å². The van der Waals surface area contributed by atoms with Crippen molar-refractivity contribution < 1.29 is 14.3 Å². The van der Waals surface area contributed by atoms with Gasteiger partial charge in [-0.1, -0.05) is 23.3 Å². The highest BCUT2D eigenvalue weighted by Crippen LogP contribution is 2.20. The van der Waals surface area contributed by atoms with Gasteiger partial charge in [-0.3, -0.25) is 20.4 Å². The molecule has 2 rings (SSSR count). The number of hydrogen-bond donors (Lipinski definition) is 2. The zero-order valence-electron chi connectivity index (χ0n) is 12.3. The van der Waals surface area contributed by atoms with E-state index in [2.05, 4.69) is 10.0 Å². The van der Waals surface area contributed by atoms with Crippen LogP contribution in [0.5, 0.6) is 0 Å². The Balaban J connectivity index is 1.98. The highest BCUT2D eigenvalue weighted by Gasteiger charge is 2.39. The lowest BCUT2D eigenvalue weighted by atomic mass is 10.1. The van der Waals surface area contributed by atoms with E-state index in [0.717, 1.165) is 5.01 Å². The fraction of sp³-hybridized carbons (Fsp3) is 0.385. The lowest BCUT2D eigenvalue weighted by Crippen LogP contribution is -2.47. The van der Waals surface area contributed by atoms with Gasteiger partial charge in [0.05, 0.1) is 6.04 Å². The summed E-state index contributed by atoms with van der Waals surface area (Å²) < 4.78 is 4.78. The van der Waals surface area contributed by atoms with Gasteiger partial charge in [-0.15, -0.1) is 0 Å². The van der Waals surface area contributed by atoms with Crippen LogP contribution in [0.3, 0.4) is 0 Å². The van der Waals surface area contributed by atoms with Gasteiger partial charge >= 0.3 is 5.97 Å². The average molecular weight is 319 g/mol. The molecule has 1 heterocycles. The molecular formula is C13H17N7O3. The van der Waals surface area contributed by atoms with E-state index in [0.29, 0.717) is 5.56 Å². The largest absolute Gasteiger partial charge is 0.458 e. The van der Waals surface area contributed by atoms with Gasteiger partial charge in [0, 0.05) is 17.0 Å². The minimum absolute atomic E-state index is 0.232. The molecule has 0 spiro atoms. The molecule has 1 aliphatic heterocycles. The maximum atomic E-state index is 12.3. The lowest BCUT2D eigenvalue weighted by Gasteiger charge is -2.23. The molecule has 1 aromatic carbocycles. The molecule has 0 bridgehead atoms. The molecule has 0 saturated carbocycles. The molecular weight excluding hydrogens is 302 g/mol. The molecule has 23 heavy (non-hydrogen) atoms. The lowest BCUT2D eigenvalue weighted by molar-refractivity contribution is -0.148. The fourth-order valence-electron chi connectivity index (χ4n) is 2.38. The first-order chi connectivity index (χ1) is 11.0. The molecule has 1 amide bonds. The van der Waals surface area contributed by atoms with Gasteiger partial charge in [0.15, 0.2) is 6.73 Å². The number of hydrazine groups is 2. The number of benzene rings is 1. The summed E-state index contributed by atoms with van der Waals surface area (Å²) in [6, 6.07) is 7.41. The second-order valence-electron chi connectivity index (χ2n) is 5.00. The molecule has 0 aromatic heterocycles. The number of carbonyl (C=O) groups excluding carboxylic acids is 2. The minimum atomic E-state index is -0.747. The molecule has 0 radical (unpaired) electrons. The van der Waals surface area contributed by atoms with Crippen molar-refractivity contribution in [3.05, 3.63) is 46.3 Å². The Hall–Kier alpha value is -2.65. The molecule has 4 N–H and O–H groups in total. The van der Waals surface area contributed by atoms with E-state index in [1.807, 2.05) is 0 Å². The predicted octanol–water partition coefficient (Wildman–Crippen LogP) is 0.130. The summed E-state index contributed by atoms with van der Waals surface area (Å²) in [5.74, 6) is 10.7. The Labute approximate surface area is 132 Å². The molecule has 1 saturated heterocycles. The normalized spacial score (nSPS) is 20.6. The van der Waals surface area contributed by atoms with Crippen LogP contribution in [0.2, 0.25) is 0 Å². The molecule has 1 aliphatic rings. The molecule has 2 atom stereocenters. The van der Waals surface area contributed by atoms with Crippen LogP contribution in [-0.2, 0) is 9.53 Å². The van der Waals surface area contributed by atoms with E-state index in [1.165, 1.54) is 5.01 Å². The monoisotopic (exact) mass is 319 g/mol. The van der Waals surface area contributed by atoms with Crippen LogP contribution in [0.4, 0.5) is 0 Å². The third-order valence-electron chi connectivity index (χ3n) is 3.57. The third kappa shape index (κ3) is 3.96. The number of esters is 1. The van der Waals surface area contributed by atoms with Gasteiger partial charge in [-0.05, 0) is 24.1 Å². The molecule has 10 heteroatoms. The summed E-state index contributed by atoms with van der Waals surface area (Å²) in [6.07, 6.45) is 0.237. The van der Waals surface area contributed by atoms with Gasteiger partial charge in [0.25, 0.3) is 5.91 Å². The number of ether oxygens (including phenoxy) is 1. The van der Waals surface area contributed by atoms with Crippen molar-refractivity contribution in [3.8, 4) is 0 Å². The van der Waals surface area contributed by atoms with Gasteiger partial charge in [0.1, 0.15) is 6.04 Å². The fourth-order valence-corrected chi connectivity index (χ4v) is 2.38. The summed E-state index contributed by atoms with van der Waals surface area (Å²) in [6.45, 7) is -0.171. The van der Waals surface area contributed by atoms with Crippen LogP contribution in [-0.4, -0.2) is 47.3 Å². The summed E-state index contributed by atoms with van der Waals surface area (Å²) in [4.78, 5) is 26.6. The van der Waals surface area contributed by atoms with Gasteiger partial charge in [0.2, 0.25) is 0 Å². The van der Waals surface area contributed by atoms with Crippen molar-refractivity contribution >= 4 is 11.9 Å². The summed E-state index contributed by atoms with van der Waals surface area (Å²) >= 11 is 0. The van der Waals surface area contributed by atoms with E-state index in [1.54, 1.807) is 30.3 Å². The topological polar surface area (TPSA) is 151 Å². The predicted molar refractivity (Wildman–Crippen MR) is 80.0 cm³/mol. The Morgan fingerprint density at radius 3 is 2.78 bits per heavy atom. The Morgan fingerprint density at radius 1 is 1.43 bits per heavy atom. The third-order valence-corrected chi connectivity index (χ3v) is 3.57. The van der Waals surface area contributed by atoms with E-state index in [-0.39, 0.29) is 18.9 Å². The van der Waals surface area contributed by atoms with Crippen LogP contribution < -0.4 is 11.7 Å². The van der Waals surface area contributed by atoms with Gasteiger partial charge in [-0.2, -0.15) is 0 Å². The van der Waals surface area contributed by atoms with E-state index in [4.69, 9.17) is 22.0 Å². The molecule has 0 aliphatic carbocycles. The molecule has 1 aromatic rings. The second kappa shape index (κ2) is 7.56. The standard InChI is InChI=1S/C13H17N7O3/c14-18-17-8-23-13(22)11-6-10(7-19(11)15)20(16)12(21)9-4-2-1-3-5-9/h1-5,10-11H,6-8,15-16H2/t10-,11-/m0/s1. The number of nitrogens with two attached hydrogens (primary N) is 2. The summed E-state index contributed by atoms with van der Waals surface area (Å²) in [7, 11) is 0. The number of nitrogens with zero attached hydrogens (tertiary/aromatic N) is 5. The van der Waals surface area contributed by atoms with Crippen LogP contribution in [0.1, 0.15) is 16.8 Å². The maximum Gasteiger partial charge on any atom is 0.324 e. The number of amides is 1. The zero-order chi connectivity index (χ0) is 16.8. The SMILES string of the molecule is [N-]=[N+]=NCOC(=O)[C@@H]1C[C@H](N(N)C(=O)c2ccccc2)CN1N. The molecule has 10 nitrogen and oxygen atoms in total. The molecule has 122 valence electrons. The van der Waals surface area contributed by atoms with Crippen LogP contribution in [0.25, 0.3) is 10.4 Å². The summed E-state index contributed by atoms with van der Waals surface area (Å²) in [5, 5.41) is 5.46. The smallest absolute Gasteiger partial charge is 0.324 e. The van der Waals surface area contributed by atoms with Gasteiger partial charge in [-0.25, -0.2) is 10.9 Å². The second-order valence-corrected chi connectivity index (χ2v) is 5.00. The Morgan fingerprint density at radius 2 is 2.13 bits per heavy atom. The van der Waals surface area contributed by atoms with Crippen LogP contribution >= 0.6 is 0 Å². The van der Waals surface area contributed by atoms with Crippen molar-refractivity contribution in [2.24, 2.45) is 16.8 Å². The van der Waals surface area contributed by atoms with E-state index >= 15 is 0 Å². The number of rotatable bonds is 5. The van der Waals surface area contributed by atoms with Crippen molar-refractivity contribution in [3.63, 3.8) is 0 Å². The Bertz CT molecular complexity index is 617. The highest BCUT2D eigenvalue weighted by atomic mass is 16.5. The first kappa shape index (κ1) is 16.7. The van der Waals surface area contributed by atoms with E-state index in [9.17, 15) is 9.59 Å². The van der Waals surface area contributed by atoms with Crippen LogP contribution in [0.15, 0.2) is 35.4 Å². The first-order valence-electron chi connectivity index (χ1n) is 6.86. The number of azide groups is 1. The molecule has 0 unspecified atom stereocenters. The van der Waals surface area contributed by atoms with Gasteiger partial charge < -0.3 is 4.74 Å². The maximum absolute atomic E-state index is 12.3. The number of carbonyl (C=O) groups is 2. The Kier molecular flexibility index (Phi) is 5.50. The number of hydrogen-bond acceptors (Lipinski definition) is 7.